The van der Waals surface area contributed by atoms with Crippen molar-refractivity contribution < 1.29 is 23.8 Å². The molecule has 0 radical (unpaired) electrons. The van der Waals surface area contributed by atoms with Gasteiger partial charge >= 0.3 is 0 Å². The lowest BCUT2D eigenvalue weighted by molar-refractivity contribution is -0.132. The Labute approximate surface area is 161 Å². The molecule has 2 aliphatic heterocycles. The van der Waals surface area contributed by atoms with Crippen LogP contribution in [0, 0.1) is 13.8 Å². The van der Waals surface area contributed by atoms with Gasteiger partial charge in [-0.2, -0.15) is 0 Å². The highest BCUT2D eigenvalue weighted by molar-refractivity contribution is 6.09. The van der Waals surface area contributed by atoms with Crippen LogP contribution in [0.2, 0.25) is 0 Å². The third-order valence-electron chi connectivity index (χ3n) is 5.36. The van der Waals surface area contributed by atoms with Crippen LogP contribution in [0.15, 0.2) is 52.9 Å². The molecular weight excluding hydrogens is 358 g/mol. The molecule has 5 rings (SSSR count). The maximum Gasteiger partial charge on any atom is 0.268 e. The third-order valence-corrected chi connectivity index (χ3v) is 5.36. The van der Waals surface area contributed by atoms with Crippen LogP contribution in [-0.2, 0) is 16.9 Å². The summed E-state index contributed by atoms with van der Waals surface area (Å²) in [7, 11) is 0. The highest BCUT2D eigenvalue weighted by Gasteiger charge is 2.52. The average Bonchev–Trinajstić information content (AvgIpc) is 3.36. The molecule has 1 N–H and O–H groups in total. The van der Waals surface area contributed by atoms with Crippen molar-refractivity contribution in [2.24, 2.45) is 0 Å². The van der Waals surface area contributed by atoms with E-state index in [1.165, 1.54) is 0 Å². The second kappa shape index (κ2) is 5.87. The molecule has 0 fully saturated rings. The molecule has 0 saturated carbocycles. The second-order valence-corrected chi connectivity index (χ2v) is 7.15. The van der Waals surface area contributed by atoms with Crippen molar-refractivity contribution in [3.63, 3.8) is 0 Å². The normalized spacial score (nSPS) is 20.0. The van der Waals surface area contributed by atoms with Gasteiger partial charge in [0.25, 0.3) is 5.91 Å². The van der Waals surface area contributed by atoms with Crippen molar-refractivity contribution in [1.82, 2.24) is 0 Å². The van der Waals surface area contributed by atoms with Gasteiger partial charge in [-0.1, -0.05) is 18.2 Å². The van der Waals surface area contributed by atoms with Crippen LogP contribution in [0.5, 0.6) is 11.5 Å². The van der Waals surface area contributed by atoms with Gasteiger partial charge in [0.2, 0.25) is 6.79 Å². The number of aliphatic hydroxyl groups is 1. The molecule has 0 saturated heterocycles. The smallest absolute Gasteiger partial charge is 0.268 e. The minimum atomic E-state index is -1.80. The lowest BCUT2D eigenvalue weighted by atomic mass is 9.84. The molecule has 2 aliphatic rings. The molecule has 6 heteroatoms. The van der Waals surface area contributed by atoms with Crippen molar-refractivity contribution in [3.05, 3.63) is 76.7 Å². The molecule has 28 heavy (non-hydrogen) atoms. The number of carbonyl (C=O) groups excluding carboxylic acids is 1. The van der Waals surface area contributed by atoms with E-state index in [2.05, 4.69) is 0 Å². The summed E-state index contributed by atoms with van der Waals surface area (Å²) < 4.78 is 16.5. The topological polar surface area (TPSA) is 72.1 Å². The monoisotopic (exact) mass is 377 g/mol. The van der Waals surface area contributed by atoms with Crippen molar-refractivity contribution in [2.45, 2.75) is 26.0 Å². The summed E-state index contributed by atoms with van der Waals surface area (Å²) in [5, 5.41) is 11.7. The molecule has 2 aromatic carbocycles. The van der Waals surface area contributed by atoms with Crippen molar-refractivity contribution >= 4 is 11.6 Å². The molecule has 0 bridgehead atoms. The summed E-state index contributed by atoms with van der Waals surface area (Å²) in [6.07, 6.45) is 0. The first-order chi connectivity index (χ1) is 13.5. The number of aryl methyl sites for hydroxylation is 2. The lowest BCUT2D eigenvalue weighted by Gasteiger charge is -2.25. The zero-order valence-corrected chi connectivity index (χ0v) is 15.6. The molecule has 1 aromatic heterocycles. The molecule has 1 unspecified atom stereocenters. The summed E-state index contributed by atoms with van der Waals surface area (Å²) in [4.78, 5) is 15.1. The first kappa shape index (κ1) is 16.9. The number of amides is 1. The predicted molar refractivity (Wildman–Crippen MR) is 101 cm³/mol. The predicted octanol–water partition coefficient (Wildman–Crippen LogP) is 3.41. The molecule has 3 aromatic rings. The maximum absolute atomic E-state index is 13.5. The SMILES string of the molecule is Cc1ccc(CN2C(=O)C(O)(c3cc4c(cc3C)OCO4)c3ccccc32)o1. The van der Waals surface area contributed by atoms with E-state index in [4.69, 9.17) is 13.9 Å². The van der Waals surface area contributed by atoms with E-state index in [1.54, 1.807) is 23.1 Å². The first-order valence-electron chi connectivity index (χ1n) is 9.08. The van der Waals surface area contributed by atoms with Gasteiger partial charge in [0.05, 0.1) is 12.2 Å². The number of fused-ring (bicyclic) bond motifs is 2. The largest absolute Gasteiger partial charge is 0.464 e. The Morgan fingerprint density at radius 1 is 1.04 bits per heavy atom. The van der Waals surface area contributed by atoms with Crippen LogP contribution in [0.25, 0.3) is 0 Å². The van der Waals surface area contributed by atoms with Crippen LogP contribution in [0.1, 0.15) is 28.2 Å². The number of hydrogen-bond donors (Lipinski definition) is 1. The summed E-state index contributed by atoms with van der Waals surface area (Å²) >= 11 is 0. The van der Waals surface area contributed by atoms with Crippen molar-refractivity contribution in [3.8, 4) is 11.5 Å². The molecule has 0 spiro atoms. The van der Waals surface area contributed by atoms with E-state index in [9.17, 15) is 9.90 Å². The number of furan rings is 1. The third kappa shape index (κ3) is 2.28. The van der Waals surface area contributed by atoms with Gasteiger partial charge in [-0.25, -0.2) is 0 Å². The second-order valence-electron chi connectivity index (χ2n) is 7.15. The Kier molecular flexibility index (Phi) is 3.54. The fourth-order valence-electron chi connectivity index (χ4n) is 4.01. The summed E-state index contributed by atoms with van der Waals surface area (Å²) in [6, 6.07) is 14.5. The number of benzene rings is 2. The minimum Gasteiger partial charge on any atom is -0.464 e. The molecule has 142 valence electrons. The summed E-state index contributed by atoms with van der Waals surface area (Å²) in [6.45, 7) is 4.08. The zero-order valence-electron chi connectivity index (χ0n) is 15.6. The Morgan fingerprint density at radius 2 is 1.79 bits per heavy atom. The number of ether oxygens (including phenoxy) is 2. The number of nitrogens with zero attached hydrogens (tertiary/aromatic N) is 1. The molecule has 0 aliphatic carbocycles. The lowest BCUT2D eigenvalue weighted by Crippen LogP contribution is -2.41. The van der Waals surface area contributed by atoms with Crippen LogP contribution < -0.4 is 14.4 Å². The highest BCUT2D eigenvalue weighted by Crippen LogP contribution is 2.48. The van der Waals surface area contributed by atoms with Gasteiger partial charge in [-0.15, -0.1) is 0 Å². The fraction of sp³-hybridized carbons (Fsp3) is 0.227. The van der Waals surface area contributed by atoms with Crippen LogP contribution in [0.3, 0.4) is 0 Å². The Balaban J connectivity index is 1.65. The van der Waals surface area contributed by atoms with E-state index in [0.29, 0.717) is 34.1 Å². The average molecular weight is 377 g/mol. The zero-order chi connectivity index (χ0) is 19.5. The van der Waals surface area contributed by atoms with Crippen molar-refractivity contribution in [1.29, 1.82) is 0 Å². The quantitative estimate of drug-likeness (QED) is 0.757. The van der Waals surface area contributed by atoms with E-state index in [-0.39, 0.29) is 13.3 Å². The van der Waals surface area contributed by atoms with Gasteiger partial charge in [-0.3, -0.25) is 4.79 Å². The standard InChI is InChI=1S/C22H19NO5/c1-13-9-19-20(27-12-26-19)10-17(13)22(25)16-5-3-4-6-18(16)23(21(22)24)11-15-8-7-14(2)28-15/h3-10,25H,11-12H2,1-2H3. The molecule has 6 nitrogen and oxygen atoms in total. The minimum absolute atomic E-state index is 0.130. The molecule has 3 heterocycles. The summed E-state index contributed by atoms with van der Waals surface area (Å²) in [5.74, 6) is 2.17. The van der Waals surface area contributed by atoms with Gasteiger partial charge in [-0.05, 0) is 49.7 Å². The van der Waals surface area contributed by atoms with Crippen molar-refractivity contribution in [2.75, 3.05) is 11.7 Å². The Hall–Kier alpha value is -3.25. The van der Waals surface area contributed by atoms with E-state index in [0.717, 1.165) is 11.3 Å². The van der Waals surface area contributed by atoms with E-state index >= 15 is 0 Å². The Morgan fingerprint density at radius 3 is 2.54 bits per heavy atom. The maximum atomic E-state index is 13.5. The van der Waals surface area contributed by atoms with E-state index in [1.807, 2.05) is 44.2 Å². The van der Waals surface area contributed by atoms with E-state index < -0.39 is 11.5 Å². The Bertz CT molecular complexity index is 1100. The molecule has 1 amide bonds. The highest BCUT2D eigenvalue weighted by atomic mass is 16.7. The first-order valence-corrected chi connectivity index (χ1v) is 9.08. The number of hydrogen-bond acceptors (Lipinski definition) is 5. The van der Waals surface area contributed by atoms with Gasteiger partial charge in [0, 0.05) is 11.1 Å². The van der Waals surface area contributed by atoms with Crippen LogP contribution >= 0.6 is 0 Å². The fourth-order valence-corrected chi connectivity index (χ4v) is 4.01. The molecular formula is C22H19NO5. The number of para-hydroxylation sites is 1. The molecule has 1 atom stereocenters. The van der Waals surface area contributed by atoms with Crippen LogP contribution in [-0.4, -0.2) is 17.8 Å². The van der Waals surface area contributed by atoms with Gasteiger partial charge in [0.15, 0.2) is 17.1 Å². The van der Waals surface area contributed by atoms with Crippen LogP contribution in [0.4, 0.5) is 5.69 Å². The number of rotatable bonds is 3. The van der Waals surface area contributed by atoms with Gasteiger partial charge < -0.3 is 23.9 Å². The van der Waals surface area contributed by atoms with Gasteiger partial charge in [0.1, 0.15) is 11.5 Å². The number of carbonyl (C=O) groups is 1. The summed E-state index contributed by atoms with van der Waals surface area (Å²) in [5.41, 5.74) is 0.660. The number of anilines is 1.